The SMILES string of the molecule is Cl.O=C(NC1(c2ccc(Br)cc2)CCOCC1)C1CCNCC1. The molecule has 2 aliphatic heterocycles. The quantitative estimate of drug-likeness (QED) is 0.816. The molecular weight excluding hydrogens is 380 g/mol. The van der Waals surface area contributed by atoms with Crippen LogP contribution in [0, 0.1) is 5.92 Å². The van der Waals surface area contributed by atoms with Gasteiger partial charge >= 0.3 is 0 Å². The number of halogens is 2. The summed E-state index contributed by atoms with van der Waals surface area (Å²) in [5, 5.41) is 6.69. The first kappa shape index (κ1) is 18.7. The zero-order valence-electron chi connectivity index (χ0n) is 13.1. The monoisotopic (exact) mass is 402 g/mol. The highest BCUT2D eigenvalue weighted by Crippen LogP contribution is 2.33. The number of hydrogen-bond acceptors (Lipinski definition) is 3. The summed E-state index contributed by atoms with van der Waals surface area (Å²) < 4.78 is 6.58. The Morgan fingerprint density at radius 1 is 1.17 bits per heavy atom. The Hall–Kier alpha value is -0.620. The number of hydrogen-bond donors (Lipinski definition) is 2. The molecule has 2 aliphatic rings. The molecule has 0 radical (unpaired) electrons. The van der Waals surface area contributed by atoms with Gasteiger partial charge in [-0.2, -0.15) is 0 Å². The molecule has 0 unspecified atom stereocenters. The van der Waals surface area contributed by atoms with Crippen molar-refractivity contribution < 1.29 is 9.53 Å². The summed E-state index contributed by atoms with van der Waals surface area (Å²) in [5.41, 5.74) is 0.905. The van der Waals surface area contributed by atoms with Crippen LogP contribution in [0.25, 0.3) is 0 Å². The van der Waals surface area contributed by atoms with E-state index in [0.29, 0.717) is 13.2 Å². The zero-order chi connectivity index (χ0) is 15.4. The fourth-order valence-corrected chi connectivity index (χ4v) is 3.66. The Morgan fingerprint density at radius 2 is 1.78 bits per heavy atom. The fraction of sp³-hybridized carbons (Fsp3) is 0.588. The van der Waals surface area contributed by atoms with Gasteiger partial charge < -0.3 is 15.4 Å². The van der Waals surface area contributed by atoms with Crippen molar-refractivity contribution in [2.24, 2.45) is 5.92 Å². The lowest BCUT2D eigenvalue weighted by molar-refractivity contribution is -0.129. The highest BCUT2D eigenvalue weighted by molar-refractivity contribution is 9.10. The fourth-order valence-electron chi connectivity index (χ4n) is 3.40. The molecule has 1 aromatic carbocycles. The zero-order valence-corrected chi connectivity index (χ0v) is 15.5. The predicted molar refractivity (Wildman–Crippen MR) is 96.9 cm³/mol. The minimum Gasteiger partial charge on any atom is -0.381 e. The third-order valence-corrected chi connectivity index (χ3v) is 5.34. The van der Waals surface area contributed by atoms with Crippen LogP contribution in [-0.2, 0) is 15.1 Å². The van der Waals surface area contributed by atoms with Gasteiger partial charge in [-0.25, -0.2) is 0 Å². The first-order valence-corrected chi connectivity index (χ1v) is 8.85. The number of nitrogens with one attached hydrogen (secondary N) is 2. The van der Waals surface area contributed by atoms with Gasteiger partial charge in [0, 0.05) is 23.6 Å². The summed E-state index contributed by atoms with van der Waals surface area (Å²) >= 11 is 3.48. The van der Waals surface area contributed by atoms with Crippen molar-refractivity contribution in [1.82, 2.24) is 10.6 Å². The largest absolute Gasteiger partial charge is 0.381 e. The van der Waals surface area contributed by atoms with Gasteiger partial charge in [0.05, 0.1) is 5.54 Å². The van der Waals surface area contributed by atoms with Crippen LogP contribution in [0.4, 0.5) is 0 Å². The van der Waals surface area contributed by atoms with Gasteiger partial charge in [0.1, 0.15) is 0 Å². The van der Waals surface area contributed by atoms with Crippen molar-refractivity contribution in [3.63, 3.8) is 0 Å². The molecule has 2 heterocycles. The minimum absolute atomic E-state index is 0. The Bertz CT molecular complexity index is 512. The van der Waals surface area contributed by atoms with E-state index in [1.807, 2.05) is 12.1 Å². The molecule has 0 aliphatic carbocycles. The number of carbonyl (C=O) groups is 1. The van der Waals surface area contributed by atoms with Crippen molar-refractivity contribution in [3.05, 3.63) is 34.3 Å². The van der Waals surface area contributed by atoms with Crippen LogP contribution in [0.5, 0.6) is 0 Å². The molecule has 2 fully saturated rings. The molecular formula is C17H24BrClN2O2. The van der Waals surface area contributed by atoms with Gasteiger partial charge in [-0.1, -0.05) is 28.1 Å². The van der Waals surface area contributed by atoms with E-state index in [0.717, 1.165) is 43.2 Å². The number of piperidine rings is 1. The van der Waals surface area contributed by atoms with Crippen LogP contribution in [0.2, 0.25) is 0 Å². The molecule has 128 valence electrons. The molecule has 2 saturated heterocycles. The van der Waals surface area contributed by atoms with Gasteiger partial charge in [0.2, 0.25) is 5.91 Å². The summed E-state index contributed by atoms with van der Waals surface area (Å²) in [7, 11) is 0. The number of benzene rings is 1. The second kappa shape index (κ2) is 8.47. The Labute approximate surface area is 152 Å². The van der Waals surface area contributed by atoms with E-state index in [9.17, 15) is 4.79 Å². The molecule has 1 aromatic rings. The molecule has 0 atom stereocenters. The number of amides is 1. The van der Waals surface area contributed by atoms with E-state index in [4.69, 9.17) is 4.74 Å². The number of carbonyl (C=O) groups excluding carboxylic acids is 1. The third kappa shape index (κ3) is 4.47. The molecule has 3 rings (SSSR count). The topological polar surface area (TPSA) is 50.4 Å². The van der Waals surface area contributed by atoms with Gasteiger partial charge in [-0.15, -0.1) is 12.4 Å². The Balaban J connectivity index is 0.00000192. The maximum atomic E-state index is 12.7. The summed E-state index contributed by atoms with van der Waals surface area (Å²) in [4.78, 5) is 12.7. The molecule has 2 N–H and O–H groups in total. The van der Waals surface area contributed by atoms with Gasteiger partial charge in [0.15, 0.2) is 0 Å². The molecule has 0 spiro atoms. The molecule has 0 saturated carbocycles. The average molecular weight is 404 g/mol. The predicted octanol–water partition coefficient (Wildman–Crippen LogP) is 2.99. The van der Waals surface area contributed by atoms with Crippen LogP contribution in [0.3, 0.4) is 0 Å². The standard InChI is InChI=1S/C17H23BrN2O2.ClH/c18-15-3-1-14(2-4-15)17(7-11-22-12-8-17)20-16(21)13-5-9-19-10-6-13;/h1-4,13,19H,5-12H2,(H,20,21);1H. The van der Waals surface area contributed by atoms with Gasteiger partial charge in [0.25, 0.3) is 0 Å². The first-order chi connectivity index (χ1) is 10.7. The molecule has 6 heteroatoms. The first-order valence-electron chi connectivity index (χ1n) is 8.06. The van der Waals surface area contributed by atoms with Crippen LogP contribution < -0.4 is 10.6 Å². The molecule has 4 nitrogen and oxygen atoms in total. The lowest BCUT2D eigenvalue weighted by atomic mass is 9.81. The Morgan fingerprint density at radius 3 is 2.39 bits per heavy atom. The summed E-state index contributed by atoms with van der Waals surface area (Å²) in [6.07, 6.45) is 3.54. The Kier molecular flexibility index (Phi) is 6.89. The van der Waals surface area contributed by atoms with Crippen molar-refractivity contribution in [2.45, 2.75) is 31.2 Å². The normalized spacial score (nSPS) is 21.3. The minimum atomic E-state index is -0.277. The van der Waals surface area contributed by atoms with Crippen LogP contribution in [-0.4, -0.2) is 32.2 Å². The van der Waals surface area contributed by atoms with Crippen LogP contribution in [0.15, 0.2) is 28.7 Å². The van der Waals surface area contributed by atoms with Crippen molar-refractivity contribution in [2.75, 3.05) is 26.3 Å². The average Bonchev–Trinajstić information content (AvgIpc) is 2.57. The third-order valence-electron chi connectivity index (χ3n) is 4.82. The summed E-state index contributed by atoms with van der Waals surface area (Å²) in [5.74, 6) is 0.336. The second-order valence-corrected chi connectivity index (χ2v) is 7.13. The highest BCUT2D eigenvalue weighted by atomic mass is 79.9. The van der Waals surface area contributed by atoms with Crippen LogP contribution in [0.1, 0.15) is 31.2 Å². The van der Waals surface area contributed by atoms with E-state index < -0.39 is 0 Å². The highest BCUT2D eigenvalue weighted by Gasteiger charge is 2.37. The molecule has 0 aromatic heterocycles. The van der Waals surface area contributed by atoms with E-state index in [1.165, 1.54) is 5.56 Å². The molecule has 1 amide bonds. The number of rotatable bonds is 3. The van der Waals surface area contributed by atoms with E-state index in [1.54, 1.807) is 0 Å². The smallest absolute Gasteiger partial charge is 0.223 e. The molecule has 23 heavy (non-hydrogen) atoms. The maximum Gasteiger partial charge on any atom is 0.223 e. The molecule has 0 bridgehead atoms. The van der Waals surface area contributed by atoms with E-state index >= 15 is 0 Å². The van der Waals surface area contributed by atoms with Crippen molar-refractivity contribution >= 4 is 34.2 Å². The van der Waals surface area contributed by atoms with Gasteiger partial charge in [-0.05, 0) is 56.5 Å². The maximum absolute atomic E-state index is 12.7. The number of ether oxygens (including phenoxy) is 1. The van der Waals surface area contributed by atoms with E-state index in [-0.39, 0.29) is 29.8 Å². The van der Waals surface area contributed by atoms with E-state index in [2.05, 4.69) is 38.7 Å². The lowest BCUT2D eigenvalue weighted by Gasteiger charge is -2.40. The lowest BCUT2D eigenvalue weighted by Crippen LogP contribution is -2.52. The van der Waals surface area contributed by atoms with Crippen molar-refractivity contribution in [1.29, 1.82) is 0 Å². The van der Waals surface area contributed by atoms with Crippen LogP contribution >= 0.6 is 28.3 Å². The summed E-state index contributed by atoms with van der Waals surface area (Å²) in [6.45, 7) is 3.27. The van der Waals surface area contributed by atoms with Gasteiger partial charge in [-0.3, -0.25) is 4.79 Å². The van der Waals surface area contributed by atoms with Crippen molar-refractivity contribution in [3.8, 4) is 0 Å². The second-order valence-electron chi connectivity index (χ2n) is 6.21. The summed E-state index contributed by atoms with van der Waals surface area (Å²) in [6, 6.07) is 8.31.